The van der Waals surface area contributed by atoms with Crippen molar-refractivity contribution in [1.82, 2.24) is 14.5 Å². The number of aromatic nitrogens is 3. The summed E-state index contributed by atoms with van der Waals surface area (Å²) in [5, 5.41) is 14.2. The van der Waals surface area contributed by atoms with Crippen LogP contribution in [0.15, 0.2) is 58.1 Å². The van der Waals surface area contributed by atoms with Crippen LogP contribution in [0.4, 0.5) is 0 Å². The summed E-state index contributed by atoms with van der Waals surface area (Å²) in [4.78, 5) is 31.2. The van der Waals surface area contributed by atoms with Gasteiger partial charge in [0.1, 0.15) is 11.3 Å². The second-order valence-corrected chi connectivity index (χ2v) is 7.32. The number of aromatic amines is 2. The molecule has 0 amide bonds. The van der Waals surface area contributed by atoms with Crippen LogP contribution < -0.4 is 21.3 Å². The number of methoxy groups -OCH3 is 1. The summed E-state index contributed by atoms with van der Waals surface area (Å²) in [7, 11) is 1.49. The SMILES string of the molecule is COc1ccccc1-n1c(O)c([C@H]2[NH2+]CCc3c2[nH]c2ccccc32)c(=O)[nH]c1=O. The van der Waals surface area contributed by atoms with Crippen molar-refractivity contribution in [3.05, 3.63) is 86.2 Å². The molecular formula is C22H21N4O4+. The second kappa shape index (κ2) is 6.93. The molecule has 5 rings (SSSR count). The van der Waals surface area contributed by atoms with E-state index < -0.39 is 17.3 Å². The second-order valence-electron chi connectivity index (χ2n) is 7.32. The van der Waals surface area contributed by atoms with Crippen LogP contribution in [-0.2, 0) is 6.42 Å². The molecule has 1 aliphatic heterocycles. The molecule has 2 aromatic carbocycles. The maximum atomic E-state index is 12.8. The van der Waals surface area contributed by atoms with Crippen LogP contribution in [-0.4, -0.2) is 33.3 Å². The first-order chi connectivity index (χ1) is 14.6. The Kier molecular flexibility index (Phi) is 4.22. The van der Waals surface area contributed by atoms with Gasteiger partial charge in [0.15, 0.2) is 6.04 Å². The minimum absolute atomic E-state index is 0.132. The molecule has 1 atom stereocenters. The molecule has 1 aliphatic rings. The number of nitrogens with zero attached hydrogens (tertiary/aromatic N) is 1. The largest absolute Gasteiger partial charge is 0.495 e. The first-order valence-electron chi connectivity index (χ1n) is 9.74. The average Bonchev–Trinajstić information content (AvgIpc) is 3.13. The Bertz CT molecular complexity index is 1380. The number of fused-ring (bicyclic) bond motifs is 3. The third-order valence-corrected chi connectivity index (χ3v) is 5.71. The third kappa shape index (κ3) is 2.65. The van der Waals surface area contributed by atoms with E-state index in [9.17, 15) is 14.7 Å². The number of ether oxygens (including phenoxy) is 1. The van der Waals surface area contributed by atoms with Crippen LogP contribution in [0.3, 0.4) is 0 Å². The number of hydrogen-bond donors (Lipinski definition) is 4. The predicted molar refractivity (Wildman–Crippen MR) is 112 cm³/mol. The van der Waals surface area contributed by atoms with Crippen LogP contribution in [0.25, 0.3) is 16.6 Å². The number of benzene rings is 2. The molecule has 4 aromatic rings. The predicted octanol–water partition coefficient (Wildman–Crippen LogP) is 0.930. The van der Waals surface area contributed by atoms with E-state index in [0.29, 0.717) is 11.4 Å². The maximum Gasteiger partial charge on any atom is 0.335 e. The molecule has 0 saturated carbocycles. The molecule has 0 bridgehead atoms. The quantitative estimate of drug-likeness (QED) is 0.406. The number of aromatic hydroxyl groups is 1. The van der Waals surface area contributed by atoms with E-state index in [0.717, 1.165) is 39.7 Å². The van der Waals surface area contributed by atoms with E-state index in [4.69, 9.17) is 4.74 Å². The van der Waals surface area contributed by atoms with Crippen molar-refractivity contribution in [2.45, 2.75) is 12.5 Å². The zero-order valence-corrected chi connectivity index (χ0v) is 16.3. The Hall–Kier alpha value is -3.78. The van der Waals surface area contributed by atoms with Crippen molar-refractivity contribution in [3.8, 4) is 17.3 Å². The molecule has 0 spiro atoms. The number of rotatable bonds is 3. The average molecular weight is 405 g/mol. The van der Waals surface area contributed by atoms with E-state index in [2.05, 4.69) is 9.97 Å². The highest BCUT2D eigenvalue weighted by molar-refractivity contribution is 5.85. The lowest BCUT2D eigenvalue weighted by atomic mass is 9.95. The highest BCUT2D eigenvalue weighted by Crippen LogP contribution is 2.33. The van der Waals surface area contributed by atoms with Crippen molar-refractivity contribution < 1.29 is 15.2 Å². The molecule has 152 valence electrons. The summed E-state index contributed by atoms with van der Waals surface area (Å²) in [6.45, 7) is 0.756. The summed E-state index contributed by atoms with van der Waals surface area (Å²) in [6.07, 6.45) is 0.848. The van der Waals surface area contributed by atoms with Gasteiger partial charge in [-0.1, -0.05) is 30.3 Å². The van der Waals surface area contributed by atoms with Gasteiger partial charge in [-0.3, -0.25) is 9.78 Å². The molecule has 8 heteroatoms. The molecule has 0 unspecified atom stereocenters. The van der Waals surface area contributed by atoms with Crippen LogP contribution in [0, 0.1) is 0 Å². The smallest absolute Gasteiger partial charge is 0.335 e. The normalized spacial score (nSPS) is 15.8. The Labute approximate surface area is 170 Å². The molecule has 0 fully saturated rings. The molecule has 5 N–H and O–H groups in total. The van der Waals surface area contributed by atoms with Crippen LogP contribution in [0.2, 0.25) is 0 Å². The van der Waals surface area contributed by atoms with Gasteiger partial charge < -0.3 is 20.1 Å². The maximum absolute atomic E-state index is 12.8. The molecule has 0 saturated heterocycles. The van der Waals surface area contributed by atoms with E-state index in [1.807, 2.05) is 29.6 Å². The van der Waals surface area contributed by atoms with Gasteiger partial charge in [-0.05, 0) is 23.8 Å². The van der Waals surface area contributed by atoms with Gasteiger partial charge in [-0.25, -0.2) is 9.36 Å². The van der Waals surface area contributed by atoms with Crippen molar-refractivity contribution in [2.75, 3.05) is 13.7 Å². The van der Waals surface area contributed by atoms with Gasteiger partial charge in [0.2, 0.25) is 5.88 Å². The lowest BCUT2D eigenvalue weighted by Gasteiger charge is -2.22. The van der Waals surface area contributed by atoms with Gasteiger partial charge in [-0.15, -0.1) is 0 Å². The molecule has 30 heavy (non-hydrogen) atoms. The van der Waals surface area contributed by atoms with E-state index in [1.165, 1.54) is 7.11 Å². The molecule has 0 radical (unpaired) electrons. The topological polar surface area (TPSA) is 117 Å². The Morgan fingerprint density at radius 2 is 1.87 bits per heavy atom. The summed E-state index contributed by atoms with van der Waals surface area (Å²) in [5.41, 5.74) is 2.15. The molecule has 2 aromatic heterocycles. The van der Waals surface area contributed by atoms with Crippen molar-refractivity contribution in [2.24, 2.45) is 0 Å². The Balaban J connectivity index is 1.76. The van der Waals surface area contributed by atoms with Crippen molar-refractivity contribution in [1.29, 1.82) is 0 Å². The fraction of sp³-hybridized carbons (Fsp3) is 0.182. The van der Waals surface area contributed by atoms with Crippen LogP contribution in [0.5, 0.6) is 11.6 Å². The first-order valence-corrected chi connectivity index (χ1v) is 9.74. The van der Waals surface area contributed by atoms with Crippen LogP contribution >= 0.6 is 0 Å². The first kappa shape index (κ1) is 18.3. The number of quaternary nitrogens is 1. The monoisotopic (exact) mass is 405 g/mol. The van der Waals surface area contributed by atoms with E-state index >= 15 is 0 Å². The number of nitrogens with two attached hydrogens (primary N) is 1. The van der Waals surface area contributed by atoms with Gasteiger partial charge in [0.25, 0.3) is 5.56 Å². The highest BCUT2D eigenvalue weighted by Gasteiger charge is 2.34. The van der Waals surface area contributed by atoms with E-state index in [-0.39, 0.29) is 11.4 Å². The fourth-order valence-corrected chi connectivity index (χ4v) is 4.39. The zero-order chi connectivity index (χ0) is 20.8. The molecule has 3 heterocycles. The lowest BCUT2D eigenvalue weighted by Crippen LogP contribution is -2.87. The zero-order valence-electron chi connectivity index (χ0n) is 16.3. The number of para-hydroxylation sites is 3. The summed E-state index contributed by atoms with van der Waals surface area (Å²) < 4.78 is 6.43. The Morgan fingerprint density at radius 3 is 2.70 bits per heavy atom. The molecule has 0 aliphatic carbocycles. The minimum Gasteiger partial charge on any atom is -0.495 e. The minimum atomic E-state index is -0.724. The molecular weight excluding hydrogens is 384 g/mol. The standard InChI is InChI=1S/C22H20N4O4/c1-30-16-9-5-4-8-15(16)26-21(28)17(20(27)25-22(26)29)19-18-13(10-11-23-19)12-6-2-3-7-14(12)24-18/h2-9,19,23-24,28H,10-11H2,1H3,(H,25,27,29)/p+1/t19-/m1/s1. The third-order valence-electron chi connectivity index (χ3n) is 5.71. The van der Waals surface area contributed by atoms with Gasteiger partial charge in [-0.2, -0.15) is 0 Å². The Morgan fingerprint density at radius 1 is 1.10 bits per heavy atom. The van der Waals surface area contributed by atoms with Gasteiger partial charge in [0, 0.05) is 17.3 Å². The van der Waals surface area contributed by atoms with E-state index in [1.54, 1.807) is 24.3 Å². The number of H-pyrrole nitrogens is 2. The summed E-state index contributed by atoms with van der Waals surface area (Å²) in [6, 6.07) is 14.4. The lowest BCUT2D eigenvalue weighted by molar-refractivity contribution is -0.690. The number of nitrogens with one attached hydrogen (secondary N) is 2. The van der Waals surface area contributed by atoms with Gasteiger partial charge >= 0.3 is 5.69 Å². The van der Waals surface area contributed by atoms with Gasteiger partial charge in [0.05, 0.1) is 25.0 Å². The summed E-state index contributed by atoms with van der Waals surface area (Å²) >= 11 is 0. The highest BCUT2D eigenvalue weighted by atomic mass is 16.5. The summed E-state index contributed by atoms with van der Waals surface area (Å²) in [5.74, 6) is 0.0211. The van der Waals surface area contributed by atoms with Crippen molar-refractivity contribution in [3.63, 3.8) is 0 Å². The van der Waals surface area contributed by atoms with Crippen molar-refractivity contribution >= 4 is 10.9 Å². The number of hydrogen-bond acceptors (Lipinski definition) is 4. The van der Waals surface area contributed by atoms with Crippen LogP contribution in [0.1, 0.15) is 22.9 Å². The molecule has 8 nitrogen and oxygen atoms in total. The fourth-order valence-electron chi connectivity index (χ4n) is 4.39.